The van der Waals surface area contributed by atoms with Crippen LogP contribution >= 0.6 is 11.3 Å². The van der Waals surface area contributed by atoms with Gasteiger partial charge in [-0.3, -0.25) is 9.98 Å². The van der Waals surface area contributed by atoms with Crippen molar-refractivity contribution in [2.45, 2.75) is 32.9 Å². The van der Waals surface area contributed by atoms with E-state index < -0.39 is 11.7 Å². The molecule has 0 spiro atoms. The number of hydrogen-bond acceptors (Lipinski definition) is 4. The molecule has 5 nitrogen and oxygen atoms in total. The van der Waals surface area contributed by atoms with E-state index in [-0.39, 0.29) is 0 Å². The Morgan fingerprint density at radius 3 is 2.71 bits per heavy atom. The van der Waals surface area contributed by atoms with Crippen molar-refractivity contribution >= 4 is 17.4 Å². The van der Waals surface area contributed by atoms with Crippen LogP contribution in [0.5, 0.6) is 0 Å². The van der Waals surface area contributed by atoms with Gasteiger partial charge in [0.15, 0.2) is 4.80 Å². The average molecular weight is 305 g/mol. The van der Waals surface area contributed by atoms with Gasteiger partial charge in [0.1, 0.15) is 5.60 Å². The number of amides is 1. The number of ether oxygens (including phenoxy) is 1. The number of aromatic nitrogens is 1. The fourth-order valence-electron chi connectivity index (χ4n) is 1.85. The third-order valence-corrected chi connectivity index (χ3v) is 3.36. The Bertz CT molecular complexity index is 682. The second-order valence-corrected chi connectivity index (χ2v) is 6.46. The second-order valence-electron chi connectivity index (χ2n) is 5.56. The summed E-state index contributed by atoms with van der Waals surface area (Å²) in [7, 11) is 0. The summed E-state index contributed by atoms with van der Waals surface area (Å²) in [5.41, 5.74) is 1.31. The van der Waals surface area contributed by atoms with Gasteiger partial charge < -0.3 is 10.1 Å². The lowest BCUT2D eigenvalue weighted by Gasteiger charge is -2.20. The normalized spacial score (nSPS) is 11.2. The molecule has 0 atom stereocenters. The Hall–Kier alpha value is -2.08. The summed E-state index contributed by atoms with van der Waals surface area (Å²) < 4.78 is 7.01. The Balaban J connectivity index is 2.13. The monoisotopic (exact) mass is 305 g/mol. The van der Waals surface area contributed by atoms with Gasteiger partial charge in [0, 0.05) is 18.1 Å². The maximum atomic E-state index is 11.7. The van der Waals surface area contributed by atoms with Gasteiger partial charge in [-0.1, -0.05) is 18.2 Å². The molecule has 2 rings (SSSR count). The third-order valence-electron chi connectivity index (χ3n) is 2.68. The third kappa shape index (κ3) is 4.19. The van der Waals surface area contributed by atoms with E-state index in [0.717, 1.165) is 11.3 Å². The van der Waals surface area contributed by atoms with Crippen molar-refractivity contribution in [3.05, 3.63) is 46.2 Å². The second kappa shape index (κ2) is 6.13. The summed E-state index contributed by atoms with van der Waals surface area (Å²) in [5, 5.41) is 12.5. The van der Waals surface area contributed by atoms with Crippen LogP contribution in [-0.4, -0.2) is 16.3 Å². The number of alkyl carbamates (subject to hydrolysis) is 1. The molecule has 0 radical (unpaired) electrons. The lowest BCUT2D eigenvalue weighted by molar-refractivity contribution is 0.0523. The van der Waals surface area contributed by atoms with Crippen LogP contribution in [0.15, 0.2) is 35.8 Å². The molecule has 0 saturated carbocycles. The number of hydrogen-bond donors (Lipinski definition) is 2. The molecule has 0 unspecified atom stereocenters. The van der Waals surface area contributed by atoms with Gasteiger partial charge >= 0.3 is 6.09 Å². The van der Waals surface area contributed by atoms with E-state index in [2.05, 4.69) is 5.32 Å². The molecule has 6 heteroatoms. The standard InChI is InChI=1S/C15H19N3O2S/c1-15(2,3)20-14(19)17-10-11-6-4-5-7-12(11)18-8-9-21-13(18)16/h4-9,16H,10H2,1-3H3,(H,17,19). The maximum absolute atomic E-state index is 11.7. The van der Waals surface area contributed by atoms with Gasteiger partial charge in [-0.25, -0.2) is 4.79 Å². The molecule has 1 aromatic carbocycles. The number of rotatable bonds is 3. The summed E-state index contributed by atoms with van der Waals surface area (Å²) in [6.45, 7) is 5.84. The van der Waals surface area contributed by atoms with Gasteiger partial charge in [-0.15, -0.1) is 11.3 Å². The first-order chi connectivity index (χ1) is 9.87. The molecule has 0 aliphatic carbocycles. The zero-order valence-corrected chi connectivity index (χ0v) is 13.2. The van der Waals surface area contributed by atoms with Crippen molar-refractivity contribution in [3.63, 3.8) is 0 Å². The van der Waals surface area contributed by atoms with Crippen LogP contribution in [0.1, 0.15) is 26.3 Å². The largest absolute Gasteiger partial charge is 0.444 e. The predicted octanol–water partition coefficient (Wildman–Crippen LogP) is 3.04. The Morgan fingerprint density at radius 1 is 1.38 bits per heavy atom. The summed E-state index contributed by atoms with van der Waals surface area (Å²) in [6, 6.07) is 7.68. The fraction of sp³-hybridized carbons (Fsp3) is 0.333. The van der Waals surface area contributed by atoms with Crippen LogP contribution in [0, 0.1) is 5.41 Å². The highest BCUT2D eigenvalue weighted by Gasteiger charge is 2.16. The maximum Gasteiger partial charge on any atom is 0.407 e. The van der Waals surface area contributed by atoms with E-state index in [1.54, 1.807) is 4.57 Å². The van der Waals surface area contributed by atoms with E-state index in [1.807, 2.05) is 56.6 Å². The quantitative estimate of drug-likeness (QED) is 0.915. The SMILES string of the molecule is CC(C)(C)OC(=O)NCc1ccccc1-n1ccsc1=N. The number of benzene rings is 1. The predicted molar refractivity (Wildman–Crippen MR) is 82.6 cm³/mol. The molecular formula is C15H19N3O2S. The Morgan fingerprint density at radius 2 is 2.10 bits per heavy atom. The molecule has 0 saturated heterocycles. The minimum Gasteiger partial charge on any atom is -0.444 e. The molecular weight excluding hydrogens is 286 g/mol. The molecule has 2 aromatic rings. The number of carbonyl (C=O) groups is 1. The number of thiazole rings is 1. The topological polar surface area (TPSA) is 67.1 Å². The molecule has 1 aromatic heterocycles. The lowest BCUT2D eigenvalue weighted by Crippen LogP contribution is -2.32. The van der Waals surface area contributed by atoms with Gasteiger partial charge in [-0.05, 0) is 32.4 Å². The van der Waals surface area contributed by atoms with E-state index in [9.17, 15) is 4.79 Å². The lowest BCUT2D eigenvalue weighted by atomic mass is 10.1. The minimum absolute atomic E-state index is 0.355. The van der Waals surface area contributed by atoms with E-state index in [4.69, 9.17) is 10.1 Å². The Labute approximate surface area is 127 Å². The van der Waals surface area contributed by atoms with Crippen LogP contribution in [0.3, 0.4) is 0 Å². The summed E-state index contributed by atoms with van der Waals surface area (Å²) in [4.78, 5) is 12.2. The zero-order chi connectivity index (χ0) is 15.5. The molecule has 0 aliphatic heterocycles. The number of nitrogens with one attached hydrogen (secondary N) is 2. The minimum atomic E-state index is -0.514. The van der Waals surface area contributed by atoms with Crippen molar-refractivity contribution in [2.24, 2.45) is 0 Å². The van der Waals surface area contributed by atoms with Gasteiger partial charge in [0.25, 0.3) is 0 Å². The van der Waals surface area contributed by atoms with Crippen LogP contribution in [0.25, 0.3) is 5.69 Å². The average Bonchev–Trinajstić information content (AvgIpc) is 2.81. The zero-order valence-electron chi connectivity index (χ0n) is 12.3. The Kier molecular flexibility index (Phi) is 4.47. The summed E-state index contributed by atoms with van der Waals surface area (Å²) in [5.74, 6) is 0. The van der Waals surface area contributed by atoms with Crippen LogP contribution < -0.4 is 10.1 Å². The van der Waals surface area contributed by atoms with E-state index in [1.165, 1.54) is 11.3 Å². The van der Waals surface area contributed by atoms with E-state index >= 15 is 0 Å². The van der Waals surface area contributed by atoms with Crippen LogP contribution in [-0.2, 0) is 11.3 Å². The van der Waals surface area contributed by atoms with Crippen LogP contribution in [0.4, 0.5) is 4.79 Å². The highest BCUT2D eigenvalue weighted by Crippen LogP contribution is 2.14. The van der Waals surface area contributed by atoms with Gasteiger partial charge in [-0.2, -0.15) is 0 Å². The van der Waals surface area contributed by atoms with Crippen molar-refractivity contribution < 1.29 is 9.53 Å². The van der Waals surface area contributed by atoms with Crippen molar-refractivity contribution in [1.82, 2.24) is 9.88 Å². The molecule has 0 fully saturated rings. The first-order valence-electron chi connectivity index (χ1n) is 6.63. The smallest absolute Gasteiger partial charge is 0.407 e. The van der Waals surface area contributed by atoms with Gasteiger partial charge in [0.05, 0.1) is 5.69 Å². The van der Waals surface area contributed by atoms with E-state index in [0.29, 0.717) is 11.3 Å². The summed E-state index contributed by atoms with van der Waals surface area (Å²) in [6.07, 6.45) is 1.40. The fourth-order valence-corrected chi connectivity index (χ4v) is 2.43. The highest BCUT2D eigenvalue weighted by atomic mass is 32.1. The van der Waals surface area contributed by atoms with Crippen molar-refractivity contribution in [1.29, 1.82) is 5.41 Å². The van der Waals surface area contributed by atoms with Crippen molar-refractivity contribution in [2.75, 3.05) is 0 Å². The first kappa shape index (κ1) is 15.3. The molecule has 21 heavy (non-hydrogen) atoms. The molecule has 0 aliphatic rings. The molecule has 1 heterocycles. The first-order valence-corrected chi connectivity index (χ1v) is 7.51. The van der Waals surface area contributed by atoms with Gasteiger partial charge in [0.2, 0.25) is 0 Å². The number of para-hydroxylation sites is 1. The molecule has 112 valence electrons. The van der Waals surface area contributed by atoms with Crippen LogP contribution in [0.2, 0.25) is 0 Å². The molecule has 0 bridgehead atoms. The van der Waals surface area contributed by atoms with Crippen molar-refractivity contribution in [3.8, 4) is 5.69 Å². The summed E-state index contributed by atoms with van der Waals surface area (Å²) >= 11 is 1.36. The number of carbonyl (C=O) groups excluding carboxylic acids is 1. The molecule has 2 N–H and O–H groups in total. The highest BCUT2D eigenvalue weighted by molar-refractivity contribution is 7.07. The number of nitrogens with zero attached hydrogens (tertiary/aromatic N) is 1. The molecule has 1 amide bonds.